The highest BCUT2D eigenvalue weighted by molar-refractivity contribution is 5.44. The van der Waals surface area contributed by atoms with Crippen LogP contribution in [0.2, 0.25) is 0 Å². The number of hydrogen-bond donors (Lipinski definition) is 1. The number of hydrogen-bond acceptors (Lipinski definition) is 3. The largest absolute Gasteiger partial charge is 0.454 e. The van der Waals surface area contributed by atoms with Crippen molar-refractivity contribution < 1.29 is 9.47 Å². The fourth-order valence-corrected chi connectivity index (χ4v) is 2.05. The normalized spacial score (nSPS) is 15.1. The van der Waals surface area contributed by atoms with E-state index < -0.39 is 0 Å². The molecule has 0 aliphatic carbocycles. The molecule has 0 aromatic heterocycles. The minimum Gasteiger partial charge on any atom is -0.454 e. The van der Waals surface area contributed by atoms with Crippen LogP contribution in [0.5, 0.6) is 11.5 Å². The van der Waals surface area contributed by atoms with Crippen molar-refractivity contribution in [2.45, 2.75) is 19.8 Å². The fourth-order valence-electron chi connectivity index (χ4n) is 2.05. The summed E-state index contributed by atoms with van der Waals surface area (Å²) in [4.78, 5) is 0. The topological polar surface area (TPSA) is 30.5 Å². The number of benzene rings is 1. The highest BCUT2D eigenvalue weighted by Gasteiger charge is 2.14. The van der Waals surface area contributed by atoms with Crippen molar-refractivity contribution in [2.24, 2.45) is 5.92 Å². The zero-order valence-electron chi connectivity index (χ0n) is 9.95. The van der Waals surface area contributed by atoms with Crippen LogP contribution in [0.4, 0.5) is 0 Å². The maximum atomic E-state index is 5.38. The lowest BCUT2D eigenvalue weighted by atomic mass is 9.96. The maximum Gasteiger partial charge on any atom is 0.231 e. The standard InChI is InChI=1S/C13H19NO2/c1-3-10(8-14-2)6-11-4-5-12-13(7-11)16-9-15-12/h4-5,7,10,14H,3,6,8-9H2,1-2H3. The molecule has 0 fully saturated rings. The first-order chi connectivity index (χ1) is 7.83. The lowest BCUT2D eigenvalue weighted by molar-refractivity contribution is 0.174. The molecule has 0 amide bonds. The third-order valence-electron chi connectivity index (χ3n) is 3.03. The minimum atomic E-state index is 0.354. The molecule has 1 aliphatic rings. The second-order valence-corrected chi connectivity index (χ2v) is 4.22. The van der Waals surface area contributed by atoms with Gasteiger partial charge in [-0.2, -0.15) is 0 Å². The van der Waals surface area contributed by atoms with E-state index in [9.17, 15) is 0 Å². The van der Waals surface area contributed by atoms with Crippen LogP contribution in [0.1, 0.15) is 18.9 Å². The summed E-state index contributed by atoms with van der Waals surface area (Å²) < 4.78 is 10.7. The quantitative estimate of drug-likeness (QED) is 0.827. The Morgan fingerprint density at radius 3 is 2.88 bits per heavy atom. The van der Waals surface area contributed by atoms with Crippen molar-refractivity contribution in [3.8, 4) is 11.5 Å². The summed E-state index contributed by atoms with van der Waals surface area (Å²) in [5.41, 5.74) is 1.33. The summed E-state index contributed by atoms with van der Waals surface area (Å²) in [6.45, 7) is 3.65. The van der Waals surface area contributed by atoms with Gasteiger partial charge in [-0.15, -0.1) is 0 Å². The van der Waals surface area contributed by atoms with Gasteiger partial charge < -0.3 is 14.8 Å². The third-order valence-corrected chi connectivity index (χ3v) is 3.03. The Balaban J connectivity index is 2.04. The Hall–Kier alpha value is -1.22. The summed E-state index contributed by atoms with van der Waals surface area (Å²) in [5, 5.41) is 3.24. The Bertz CT molecular complexity index is 352. The van der Waals surface area contributed by atoms with Crippen molar-refractivity contribution in [1.29, 1.82) is 0 Å². The molecule has 1 aliphatic heterocycles. The van der Waals surface area contributed by atoms with Gasteiger partial charge in [-0.1, -0.05) is 19.4 Å². The molecule has 0 radical (unpaired) electrons. The zero-order chi connectivity index (χ0) is 11.4. The first-order valence-electron chi connectivity index (χ1n) is 5.86. The van der Waals surface area contributed by atoms with Crippen LogP contribution in [-0.2, 0) is 6.42 Å². The van der Waals surface area contributed by atoms with Crippen molar-refractivity contribution in [3.63, 3.8) is 0 Å². The first-order valence-corrected chi connectivity index (χ1v) is 5.86. The average Bonchev–Trinajstić information content (AvgIpc) is 2.75. The number of ether oxygens (including phenoxy) is 2. The van der Waals surface area contributed by atoms with E-state index >= 15 is 0 Å². The van der Waals surface area contributed by atoms with Crippen LogP contribution in [0, 0.1) is 5.92 Å². The van der Waals surface area contributed by atoms with E-state index in [1.165, 1.54) is 12.0 Å². The van der Waals surface area contributed by atoms with E-state index in [4.69, 9.17) is 9.47 Å². The molecule has 2 rings (SSSR count). The predicted octanol–water partition coefficient (Wildman–Crippen LogP) is 2.20. The van der Waals surface area contributed by atoms with Gasteiger partial charge in [-0.05, 0) is 43.6 Å². The van der Waals surface area contributed by atoms with E-state index in [0.717, 1.165) is 24.5 Å². The molecule has 1 atom stereocenters. The predicted molar refractivity (Wildman–Crippen MR) is 64.0 cm³/mol. The monoisotopic (exact) mass is 221 g/mol. The lowest BCUT2D eigenvalue weighted by Crippen LogP contribution is -2.20. The molecule has 0 spiro atoms. The summed E-state index contributed by atoms with van der Waals surface area (Å²) in [7, 11) is 2.00. The van der Waals surface area contributed by atoms with Crippen LogP contribution < -0.4 is 14.8 Å². The highest BCUT2D eigenvalue weighted by Crippen LogP contribution is 2.33. The molecule has 3 heteroatoms. The first kappa shape index (κ1) is 11.3. The van der Waals surface area contributed by atoms with E-state index in [2.05, 4.69) is 24.4 Å². The molecule has 1 aromatic rings. The SMILES string of the molecule is CCC(CNC)Cc1ccc2c(c1)OCO2. The highest BCUT2D eigenvalue weighted by atomic mass is 16.7. The minimum absolute atomic E-state index is 0.354. The van der Waals surface area contributed by atoms with Gasteiger partial charge in [-0.3, -0.25) is 0 Å². The van der Waals surface area contributed by atoms with Gasteiger partial charge in [-0.25, -0.2) is 0 Å². The molecule has 1 unspecified atom stereocenters. The van der Waals surface area contributed by atoms with Gasteiger partial charge in [0.15, 0.2) is 11.5 Å². The Morgan fingerprint density at radius 2 is 2.12 bits per heavy atom. The zero-order valence-corrected chi connectivity index (χ0v) is 9.95. The number of rotatable bonds is 5. The molecule has 0 saturated heterocycles. The Morgan fingerprint density at radius 1 is 1.31 bits per heavy atom. The number of nitrogens with one attached hydrogen (secondary N) is 1. The second kappa shape index (κ2) is 5.21. The summed E-state index contributed by atoms with van der Waals surface area (Å²) in [6, 6.07) is 6.23. The van der Waals surface area contributed by atoms with Crippen LogP contribution in [0.15, 0.2) is 18.2 Å². The fraction of sp³-hybridized carbons (Fsp3) is 0.538. The molecular weight excluding hydrogens is 202 g/mol. The van der Waals surface area contributed by atoms with Crippen LogP contribution >= 0.6 is 0 Å². The molecule has 0 saturated carbocycles. The smallest absolute Gasteiger partial charge is 0.231 e. The van der Waals surface area contributed by atoms with Gasteiger partial charge in [0.2, 0.25) is 6.79 Å². The molecule has 16 heavy (non-hydrogen) atoms. The van der Waals surface area contributed by atoms with Gasteiger partial charge in [0.05, 0.1) is 0 Å². The van der Waals surface area contributed by atoms with Crippen molar-refractivity contribution in [2.75, 3.05) is 20.4 Å². The Labute approximate surface area is 96.8 Å². The number of fused-ring (bicyclic) bond motifs is 1. The summed E-state index contributed by atoms with van der Waals surface area (Å²) in [6.07, 6.45) is 2.28. The maximum absolute atomic E-state index is 5.38. The van der Waals surface area contributed by atoms with Crippen molar-refractivity contribution >= 4 is 0 Å². The lowest BCUT2D eigenvalue weighted by Gasteiger charge is -2.14. The average molecular weight is 221 g/mol. The molecule has 1 N–H and O–H groups in total. The van der Waals surface area contributed by atoms with Crippen molar-refractivity contribution in [1.82, 2.24) is 5.32 Å². The van der Waals surface area contributed by atoms with E-state index in [1.54, 1.807) is 0 Å². The van der Waals surface area contributed by atoms with Gasteiger partial charge in [0.25, 0.3) is 0 Å². The molecular formula is C13H19NO2. The van der Waals surface area contributed by atoms with E-state index in [-0.39, 0.29) is 0 Å². The Kier molecular flexibility index (Phi) is 3.67. The van der Waals surface area contributed by atoms with E-state index in [1.807, 2.05) is 13.1 Å². The van der Waals surface area contributed by atoms with Crippen LogP contribution in [0.3, 0.4) is 0 Å². The molecule has 0 bridgehead atoms. The summed E-state index contributed by atoms with van der Waals surface area (Å²) >= 11 is 0. The third kappa shape index (κ3) is 2.47. The molecule has 1 heterocycles. The van der Waals surface area contributed by atoms with E-state index in [0.29, 0.717) is 12.7 Å². The van der Waals surface area contributed by atoms with Gasteiger partial charge in [0, 0.05) is 0 Å². The van der Waals surface area contributed by atoms with Crippen LogP contribution in [-0.4, -0.2) is 20.4 Å². The van der Waals surface area contributed by atoms with Crippen molar-refractivity contribution in [3.05, 3.63) is 23.8 Å². The molecule has 1 aromatic carbocycles. The van der Waals surface area contributed by atoms with Gasteiger partial charge in [0.1, 0.15) is 0 Å². The van der Waals surface area contributed by atoms with Gasteiger partial charge >= 0.3 is 0 Å². The summed E-state index contributed by atoms with van der Waals surface area (Å²) in [5.74, 6) is 2.44. The second-order valence-electron chi connectivity index (χ2n) is 4.22. The van der Waals surface area contributed by atoms with Crippen LogP contribution in [0.25, 0.3) is 0 Å². The molecule has 88 valence electrons. The molecule has 3 nitrogen and oxygen atoms in total.